The molecule has 0 atom stereocenters. The summed E-state index contributed by atoms with van der Waals surface area (Å²) in [5.74, 6) is 1.58. The third-order valence-corrected chi connectivity index (χ3v) is 6.41. The van der Waals surface area contributed by atoms with Gasteiger partial charge in [0.15, 0.2) is 13.8 Å². The van der Waals surface area contributed by atoms with Gasteiger partial charge in [-0.3, -0.25) is 0 Å². The molecule has 2 aromatic heterocycles. The SMILES string of the molecule is CC(C)C[Si](C)(C)OCCNc1ccc2n[c]sc2n1. The van der Waals surface area contributed by atoms with Crippen LogP contribution in [0.5, 0.6) is 0 Å². The number of rotatable bonds is 7. The minimum Gasteiger partial charge on any atom is -0.416 e. The molecule has 2 aromatic rings. The standard InChI is InChI=1S/C14H22N3OSSi/c1-11(2)9-20(3,4)18-8-7-15-13-6-5-12-14(17-13)19-10-16-12/h5-6,11H,7-9H2,1-4H3,(H,15,17). The van der Waals surface area contributed by atoms with E-state index in [1.54, 1.807) is 0 Å². The third kappa shape index (κ3) is 4.54. The molecule has 0 aromatic carbocycles. The van der Waals surface area contributed by atoms with Crippen LogP contribution in [0.3, 0.4) is 0 Å². The van der Waals surface area contributed by atoms with E-state index in [9.17, 15) is 0 Å². The predicted molar refractivity (Wildman–Crippen MR) is 87.8 cm³/mol. The van der Waals surface area contributed by atoms with E-state index in [0.717, 1.165) is 29.3 Å². The summed E-state index contributed by atoms with van der Waals surface area (Å²) in [4.78, 5) is 9.51. The fourth-order valence-electron chi connectivity index (χ4n) is 2.36. The summed E-state index contributed by atoms with van der Waals surface area (Å²) in [5, 5.41) is 3.30. The van der Waals surface area contributed by atoms with Gasteiger partial charge in [0.1, 0.15) is 16.2 Å². The molecule has 0 spiro atoms. The van der Waals surface area contributed by atoms with E-state index in [1.807, 2.05) is 12.1 Å². The highest BCUT2D eigenvalue weighted by molar-refractivity contribution is 7.15. The van der Waals surface area contributed by atoms with Crippen LogP contribution in [-0.4, -0.2) is 31.4 Å². The smallest absolute Gasteiger partial charge is 0.187 e. The summed E-state index contributed by atoms with van der Waals surface area (Å²) in [6.07, 6.45) is 0. The summed E-state index contributed by atoms with van der Waals surface area (Å²) in [5.41, 5.74) is 3.76. The van der Waals surface area contributed by atoms with Crippen molar-refractivity contribution in [2.45, 2.75) is 33.0 Å². The van der Waals surface area contributed by atoms with Gasteiger partial charge in [0.2, 0.25) is 0 Å². The number of nitrogens with one attached hydrogen (secondary N) is 1. The van der Waals surface area contributed by atoms with Crippen LogP contribution >= 0.6 is 11.3 Å². The van der Waals surface area contributed by atoms with Crippen molar-refractivity contribution in [3.8, 4) is 0 Å². The maximum absolute atomic E-state index is 6.07. The van der Waals surface area contributed by atoms with Gasteiger partial charge in [-0.1, -0.05) is 25.2 Å². The first-order chi connectivity index (χ1) is 9.46. The van der Waals surface area contributed by atoms with Crippen molar-refractivity contribution >= 4 is 35.8 Å². The summed E-state index contributed by atoms with van der Waals surface area (Å²) < 4.78 is 6.07. The van der Waals surface area contributed by atoms with Crippen LogP contribution in [0.15, 0.2) is 12.1 Å². The highest BCUT2D eigenvalue weighted by Crippen LogP contribution is 2.18. The number of aromatic nitrogens is 2. The Morgan fingerprint density at radius 3 is 2.95 bits per heavy atom. The maximum Gasteiger partial charge on any atom is 0.187 e. The highest BCUT2D eigenvalue weighted by Gasteiger charge is 2.23. The minimum absolute atomic E-state index is 0.705. The minimum atomic E-state index is -1.51. The van der Waals surface area contributed by atoms with Crippen LogP contribution in [0.25, 0.3) is 10.3 Å². The molecule has 0 saturated heterocycles. The summed E-state index contributed by atoms with van der Waals surface area (Å²) >= 11 is 1.44. The van der Waals surface area contributed by atoms with Crippen molar-refractivity contribution in [1.82, 2.24) is 9.97 Å². The van der Waals surface area contributed by atoms with E-state index in [2.05, 4.69) is 47.7 Å². The van der Waals surface area contributed by atoms with Crippen LogP contribution in [-0.2, 0) is 4.43 Å². The lowest BCUT2D eigenvalue weighted by atomic mass is 10.3. The molecular formula is C14H22N3OSSi. The molecule has 6 heteroatoms. The number of hydrogen-bond acceptors (Lipinski definition) is 5. The van der Waals surface area contributed by atoms with Gasteiger partial charge >= 0.3 is 0 Å². The fourth-order valence-corrected chi connectivity index (χ4v) is 5.69. The Labute approximate surface area is 125 Å². The van der Waals surface area contributed by atoms with Crippen molar-refractivity contribution in [3.05, 3.63) is 17.6 Å². The van der Waals surface area contributed by atoms with Gasteiger partial charge in [0.25, 0.3) is 0 Å². The largest absolute Gasteiger partial charge is 0.416 e. The molecule has 0 aliphatic carbocycles. The lowest BCUT2D eigenvalue weighted by Gasteiger charge is -2.24. The third-order valence-electron chi connectivity index (χ3n) is 2.95. The van der Waals surface area contributed by atoms with Gasteiger partial charge in [-0.15, -0.1) is 0 Å². The zero-order valence-electron chi connectivity index (χ0n) is 12.6. The second-order valence-corrected chi connectivity index (χ2v) is 10.9. The molecule has 0 aliphatic heterocycles. The van der Waals surface area contributed by atoms with Crippen molar-refractivity contribution in [2.24, 2.45) is 5.92 Å². The topological polar surface area (TPSA) is 47.0 Å². The second-order valence-electron chi connectivity index (χ2n) is 5.96. The van der Waals surface area contributed by atoms with E-state index in [4.69, 9.17) is 4.43 Å². The molecule has 0 saturated carbocycles. The number of thiazole rings is 1. The zero-order chi connectivity index (χ0) is 14.6. The molecule has 4 nitrogen and oxygen atoms in total. The molecule has 2 heterocycles. The van der Waals surface area contributed by atoms with E-state index in [0.29, 0.717) is 5.92 Å². The molecule has 1 radical (unpaired) electrons. The Morgan fingerprint density at radius 1 is 1.40 bits per heavy atom. The normalized spacial score (nSPS) is 12.2. The first kappa shape index (κ1) is 15.4. The molecule has 109 valence electrons. The average molecular weight is 309 g/mol. The van der Waals surface area contributed by atoms with Crippen LogP contribution in [0.1, 0.15) is 13.8 Å². The molecule has 0 bridgehead atoms. The number of pyridine rings is 1. The van der Waals surface area contributed by atoms with E-state index in [-0.39, 0.29) is 0 Å². The predicted octanol–water partition coefficient (Wildman–Crippen LogP) is 3.78. The van der Waals surface area contributed by atoms with Crippen molar-refractivity contribution in [2.75, 3.05) is 18.5 Å². The highest BCUT2D eigenvalue weighted by atomic mass is 32.1. The maximum atomic E-state index is 6.07. The van der Waals surface area contributed by atoms with Gasteiger partial charge in [-0.05, 0) is 37.2 Å². The second kappa shape index (κ2) is 6.65. The van der Waals surface area contributed by atoms with Crippen molar-refractivity contribution in [1.29, 1.82) is 0 Å². The lowest BCUT2D eigenvalue weighted by Crippen LogP contribution is -2.33. The Balaban J connectivity index is 1.78. The first-order valence-electron chi connectivity index (χ1n) is 6.98. The number of fused-ring (bicyclic) bond motifs is 1. The van der Waals surface area contributed by atoms with Crippen LogP contribution in [0, 0.1) is 11.4 Å². The summed E-state index contributed by atoms with van der Waals surface area (Å²) in [7, 11) is -1.51. The Bertz CT molecular complexity index is 556. The van der Waals surface area contributed by atoms with E-state index in [1.165, 1.54) is 17.4 Å². The molecule has 0 fully saturated rings. The van der Waals surface area contributed by atoms with Gasteiger partial charge in [-0.2, -0.15) is 0 Å². The fraction of sp³-hybridized carbons (Fsp3) is 0.571. The molecule has 2 rings (SSSR count). The van der Waals surface area contributed by atoms with Crippen molar-refractivity contribution in [3.63, 3.8) is 0 Å². The van der Waals surface area contributed by atoms with Gasteiger partial charge < -0.3 is 9.74 Å². The van der Waals surface area contributed by atoms with Gasteiger partial charge in [0, 0.05) is 6.54 Å². The Hall–Kier alpha value is -0.983. The zero-order valence-corrected chi connectivity index (χ0v) is 14.4. The van der Waals surface area contributed by atoms with Gasteiger partial charge in [0.05, 0.1) is 6.61 Å². The van der Waals surface area contributed by atoms with Crippen LogP contribution in [0.2, 0.25) is 19.1 Å². The number of anilines is 1. The monoisotopic (exact) mass is 308 g/mol. The quantitative estimate of drug-likeness (QED) is 0.624. The Kier molecular flexibility index (Phi) is 5.12. The van der Waals surface area contributed by atoms with E-state index < -0.39 is 8.32 Å². The van der Waals surface area contributed by atoms with Crippen molar-refractivity contribution < 1.29 is 4.43 Å². The molecule has 0 aliphatic rings. The molecule has 0 unspecified atom stereocenters. The Morgan fingerprint density at radius 2 is 2.20 bits per heavy atom. The van der Waals surface area contributed by atoms with Crippen LogP contribution in [0.4, 0.5) is 5.82 Å². The summed E-state index contributed by atoms with van der Waals surface area (Å²) in [6, 6.07) is 5.12. The number of hydrogen-bond donors (Lipinski definition) is 1. The van der Waals surface area contributed by atoms with Crippen LogP contribution < -0.4 is 5.32 Å². The lowest BCUT2D eigenvalue weighted by molar-refractivity contribution is 0.317. The van der Waals surface area contributed by atoms with E-state index >= 15 is 0 Å². The molecule has 0 amide bonds. The molecular weight excluding hydrogens is 286 g/mol. The van der Waals surface area contributed by atoms with Gasteiger partial charge in [-0.25, -0.2) is 9.97 Å². The number of nitrogens with zero attached hydrogens (tertiary/aromatic N) is 2. The first-order valence-corrected chi connectivity index (χ1v) is 10.9. The average Bonchev–Trinajstić information content (AvgIpc) is 2.80. The molecule has 20 heavy (non-hydrogen) atoms. The summed E-state index contributed by atoms with van der Waals surface area (Å²) in [6.45, 7) is 10.6. The molecule has 1 N–H and O–H groups in total.